The second-order valence-electron chi connectivity index (χ2n) is 6.74. The molecule has 2 aromatic carbocycles. The van der Waals surface area contributed by atoms with E-state index in [1.807, 2.05) is 13.8 Å². The van der Waals surface area contributed by atoms with Gasteiger partial charge in [-0.3, -0.25) is 4.79 Å². The van der Waals surface area contributed by atoms with Crippen molar-refractivity contribution in [1.82, 2.24) is 4.98 Å². The van der Waals surface area contributed by atoms with Crippen LogP contribution in [0.25, 0.3) is 10.9 Å². The van der Waals surface area contributed by atoms with Gasteiger partial charge in [-0.05, 0) is 68.8 Å². The number of H-pyrrole nitrogens is 1. The standard InChI is InChI=1S/C20H21N3O5S/c1-11-12(2)22-18-9-4-14(10-17(11)18)20(25)28-13(3)19(24)23-15-5-7-16(8-6-15)29(21,26)27/h4-10,13,22H,1-3H3,(H,23,24)(H2,21,26,27)/t13-/m0/s1. The number of carbonyl (C=O) groups is 2. The van der Waals surface area contributed by atoms with Crippen LogP contribution < -0.4 is 10.5 Å². The first-order valence-corrected chi connectivity index (χ1v) is 10.3. The zero-order valence-electron chi connectivity index (χ0n) is 16.1. The molecule has 3 aromatic rings. The first-order chi connectivity index (χ1) is 13.6. The summed E-state index contributed by atoms with van der Waals surface area (Å²) in [7, 11) is -3.81. The predicted octanol–water partition coefficient (Wildman–Crippen LogP) is 2.62. The normalized spacial score (nSPS) is 12.6. The van der Waals surface area contributed by atoms with E-state index in [4.69, 9.17) is 9.88 Å². The van der Waals surface area contributed by atoms with Crippen LogP contribution in [0.3, 0.4) is 0 Å². The summed E-state index contributed by atoms with van der Waals surface area (Å²) in [6.07, 6.45) is -1.05. The third kappa shape index (κ3) is 4.47. The predicted molar refractivity (Wildman–Crippen MR) is 109 cm³/mol. The zero-order chi connectivity index (χ0) is 21.3. The fourth-order valence-electron chi connectivity index (χ4n) is 2.84. The number of aryl methyl sites for hydroxylation is 2. The summed E-state index contributed by atoms with van der Waals surface area (Å²) < 4.78 is 27.8. The van der Waals surface area contributed by atoms with Crippen LogP contribution in [0.5, 0.6) is 0 Å². The number of benzene rings is 2. The number of fused-ring (bicyclic) bond motifs is 1. The molecular formula is C20H21N3O5S. The first-order valence-electron chi connectivity index (χ1n) is 8.80. The van der Waals surface area contributed by atoms with Crippen LogP contribution in [0.15, 0.2) is 47.4 Å². The number of hydrogen-bond donors (Lipinski definition) is 3. The summed E-state index contributed by atoms with van der Waals surface area (Å²) in [4.78, 5) is 27.9. The molecule has 152 valence electrons. The van der Waals surface area contributed by atoms with E-state index >= 15 is 0 Å². The van der Waals surface area contributed by atoms with Crippen LogP contribution in [0.4, 0.5) is 5.69 Å². The topological polar surface area (TPSA) is 131 Å². The Labute approximate surface area is 168 Å². The minimum Gasteiger partial charge on any atom is -0.449 e. The minimum atomic E-state index is -3.81. The summed E-state index contributed by atoms with van der Waals surface area (Å²) in [5, 5.41) is 8.52. The maximum absolute atomic E-state index is 12.4. The lowest BCUT2D eigenvalue weighted by molar-refractivity contribution is -0.123. The van der Waals surface area contributed by atoms with Gasteiger partial charge in [-0.2, -0.15) is 0 Å². The molecule has 0 aliphatic carbocycles. The van der Waals surface area contributed by atoms with Gasteiger partial charge in [0.25, 0.3) is 5.91 Å². The minimum absolute atomic E-state index is 0.0688. The van der Waals surface area contributed by atoms with Crippen molar-refractivity contribution in [2.75, 3.05) is 5.32 Å². The smallest absolute Gasteiger partial charge is 0.338 e. The lowest BCUT2D eigenvalue weighted by Gasteiger charge is -2.14. The Morgan fingerprint density at radius 3 is 2.38 bits per heavy atom. The number of ether oxygens (including phenoxy) is 1. The van der Waals surface area contributed by atoms with Gasteiger partial charge in [0.15, 0.2) is 6.10 Å². The molecule has 0 saturated heterocycles. The molecule has 0 fully saturated rings. The van der Waals surface area contributed by atoms with Gasteiger partial charge in [0.05, 0.1) is 10.5 Å². The van der Waals surface area contributed by atoms with E-state index in [9.17, 15) is 18.0 Å². The fourth-order valence-corrected chi connectivity index (χ4v) is 3.36. The van der Waals surface area contributed by atoms with Gasteiger partial charge in [0.1, 0.15) is 0 Å². The van der Waals surface area contributed by atoms with Crippen molar-refractivity contribution in [3.05, 3.63) is 59.3 Å². The number of anilines is 1. The molecule has 0 unspecified atom stereocenters. The molecule has 0 spiro atoms. The maximum atomic E-state index is 12.4. The van der Waals surface area contributed by atoms with E-state index in [2.05, 4.69) is 10.3 Å². The van der Waals surface area contributed by atoms with Crippen molar-refractivity contribution in [1.29, 1.82) is 0 Å². The molecule has 1 heterocycles. The van der Waals surface area contributed by atoms with E-state index in [0.29, 0.717) is 11.3 Å². The number of esters is 1. The van der Waals surface area contributed by atoms with Gasteiger partial charge < -0.3 is 15.0 Å². The van der Waals surface area contributed by atoms with Gasteiger partial charge in [0.2, 0.25) is 10.0 Å². The first kappa shape index (κ1) is 20.6. The monoisotopic (exact) mass is 415 g/mol. The molecule has 8 nitrogen and oxygen atoms in total. The molecule has 3 rings (SSSR count). The molecule has 29 heavy (non-hydrogen) atoms. The number of primary sulfonamides is 1. The average Bonchev–Trinajstić information content (AvgIpc) is 2.95. The van der Waals surface area contributed by atoms with Crippen LogP contribution >= 0.6 is 0 Å². The number of hydrogen-bond acceptors (Lipinski definition) is 5. The Morgan fingerprint density at radius 1 is 1.10 bits per heavy atom. The van der Waals surface area contributed by atoms with Crippen LogP contribution in [-0.2, 0) is 19.6 Å². The number of amides is 1. The largest absolute Gasteiger partial charge is 0.449 e. The number of nitrogens with one attached hydrogen (secondary N) is 2. The molecule has 1 atom stereocenters. The molecule has 9 heteroatoms. The number of nitrogens with two attached hydrogens (primary N) is 1. The van der Waals surface area contributed by atoms with Crippen molar-refractivity contribution < 1.29 is 22.7 Å². The molecule has 0 saturated carbocycles. The van der Waals surface area contributed by atoms with Crippen molar-refractivity contribution in [3.63, 3.8) is 0 Å². The van der Waals surface area contributed by atoms with E-state index < -0.39 is 28.0 Å². The zero-order valence-corrected chi connectivity index (χ0v) is 17.0. The van der Waals surface area contributed by atoms with Gasteiger partial charge in [-0.15, -0.1) is 0 Å². The Balaban J connectivity index is 1.67. The molecule has 0 aliphatic heterocycles. The summed E-state index contributed by atoms with van der Waals surface area (Å²) in [6.45, 7) is 5.37. The molecule has 0 bridgehead atoms. The average molecular weight is 415 g/mol. The SMILES string of the molecule is Cc1[nH]c2ccc(C(=O)O[C@@H](C)C(=O)Nc3ccc(S(N)(=O)=O)cc3)cc2c1C. The third-order valence-corrected chi connectivity index (χ3v) is 5.58. The Hall–Kier alpha value is -3.17. The van der Waals surface area contributed by atoms with Crippen molar-refractivity contribution in [2.24, 2.45) is 5.14 Å². The lowest BCUT2D eigenvalue weighted by Crippen LogP contribution is -2.30. The molecule has 4 N–H and O–H groups in total. The van der Waals surface area contributed by atoms with Gasteiger partial charge in [0, 0.05) is 22.3 Å². The number of rotatable bonds is 5. The van der Waals surface area contributed by atoms with Crippen LogP contribution in [0.2, 0.25) is 0 Å². The molecule has 1 aromatic heterocycles. The Morgan fingerprint density at radius 2 is 1.76 bits per heavy atom. The fraction of sp³-hybridized carbons (Fsp3) is 0.200. The van der Waals surface area contributed by atoms with Crippen LogP contribution in [0.1, 0.15) is 28.5 Å². The van der Waals surface area contributed by atoms with E-state index in [0.717, 1.165) is 22.2 Å². The highest BCUT2D eigenvalue weighted by Gasteiger charge is 2.20. The van der Waals surface area contributed by atoms with E-state index in [1.54, 1.807) is 18.2 Å². The highest BCUT2D eigenvalue weighted by molar-refractivity contribution is 7.89. The van der Waals surface area contributed by atoms with Crippen molar-refractivity contribution in [2.45, 2.75) is 31.8 Å². The van der Waals surface area contributed by atoms with Crippen LogP contribution in [0, 0.1) is 13.8 Å². The highest BCUT2D eigenvalue weighted by atomic mass is 32.2. The second-order valence-corrected chi connectivity index (χ2v) is 8.30. The summed E-state index contributed by atoms with van der Waals surface area (Å²) in [5.41, 5.74) is 3.68. The number of sulfonamides is 1. The summed E-state index contributed by atoms with van der Waals surface area (Å²) in [5.74, 6) is -1.16. The Kier molecular flexibility index (Phi) is 5.45. The quantitative estimate of drug-likeness (QED) is 0.551. The third-order valence-electron chi connectivity index (χ3n) is 4.65. The molecule has 0 radical (unpaired) electrons. The van der Waals surface area contributed by atoms with Gasteiger partial charge in [-0.1, -0.05) is 0 Å². The van der Waals surface area contributed by atoms with Crippen LogP contribution in [-0.4, -0.2) is 31.4 Å². The molecule has 1 amide bonds. The number of aromatic nitrogens is 1. The van der Waals surface area contributed by atoms with Gasteiger partial charge >= 0.3 is 5.97 Å². The molecule has 0 aliphatic rings. The summed E-state index contributed by atoms with van der Waals surface area (Å²) in [6, 6.07) is 10.5. The number of aromatic amines is 1. The summed E-state index contributed by atoms with van der Waals surface area (Å²) >= 11 is 0. The van der Waals surface area contributed by atoms with E-state index in [-0.39, 0.29) is 4.90 Å². The Bertz CT molecular complexity index is 1200. The van der Waals surface area contributed by atoms with Gasteiger partial charge in [-0.25, -0.2) is 18.4 Å². The maximum Gasteiger partial charge on any atom is 0.338 e. The van der Waals surface area contributed by atoms with Crippen molar-refractivity contribution in [3.8, 4) is 0 Å². The highest BCUT2D eigenvalue weighted by Crippen LogP contribution is 2.23. The lowest BCUT2D eigenvalue weighted by atomic mass is 10.1. The second kappa shape index (κ2) is 7.69. The molecular weight excluding hydrogens is 394 g/mol. The van der Waals surface area contributed by atoms with E-state index in [1.165, 1.54) is 31.2 Å². The van der Waals surface area contributed by atoms with Crippen molar-refractivity contribution >= 4 is 38.5 Å². The number of carbonyl (C=O) groups excluding carboxylic acids is 2.